The number of hydrogen-bond acceptors (Lipinski definition) is 3. The smallest absolute Gasteiger partial charge is 0.124 e. The quantitative estimate of drug-likeness (QED) is 0.387. The van der Waals surface area contributed by atoms with Gasteiger partial charge in [-0.05, 0) is 55.5 Å². The van der Waals surface area contributed by atoms with Gasteiger partial charge in [0, 0.05) is 35.0 Å². The van der Waals surface area contributed by atoms with Crippen LogP contribution in [0.4, 0.5) is 0 Å². The standard InChI is InChI=1S/C24H21Cl2N3O/c1-14(23-20(25)12-27-13-21(23)26)30-18-8-9-22-19(11-18)24(29-28-22)17-7-6-15-4-2-3-5-16(15)10-17/h2-5,8-9,11-14,17H,6-7,10H2,1H3,(H,28,29). The summed E-state index contributed by atoms with van der Waals surface area (Å²) in [5.74, 6) is 1.18. The van der Waals surface area contributed by atoms with Crippen LogP contribution >= 0.6 is 23.2 Å². The molecule has 0 fully saturated rings. The van der Waals surface area contributed by atoms with E-state index in [1.54, 1.807) is 12.4 Å². The highest BCUT2D eigenvalue weighted by molar-refractivity contribution is 6.35. The van der Waals surface area contributed by atoms with Crippen molar-refractivity contribution in [3.05, 3.63) is 87.3 Å². The molecule has 4 aromatic rings. The molecule has 4 nitrogen and oxygen atoms in total. The number of aryl methyl sites for hydroxylation is 1. The van der Waals surface area contributed by atoms with Crippen LogP contribution in [0, 0.1) is 0 Å². The zero-order valence-electron chi connectivity index (χ0n) is 16.5. The van der Waals surface area contributed by atoms with Crippen LogP contribution < -0.4 is 4.74 Å². The molecule has 1 N–H and O–H groups in total. The van der Waals surface area contributed by atoms with E-state index >= 15 is 0 Å². The van der Waals surface area contributed by atoms with Crippen LogP contribution in [0.15, 0.2) is 54.9 Å². The van der Waals surface area contributed by atoms with E-state index < -0.39 is 0 Å². The zero-order valence-corrected chi connectivity index (χ0v) is 18.0. The van der Waals surface area contributed by atoms with Crippen molar-refractivity contribution in [1.29, 1.82) is 0 Å². The molecule has 0 bridgehead atoms. The highest BCUT2D eigenvalue weighted by Crippen LogP contribution is 2.37. The monoisotopic (exact) mass is 437 g/mol. The fourth-order valence-electron chi connectivity index (χ4n) is 4.41. The van der Waals surface area contributed by atoms with Crippen molar-refractivity contribution in [2.75, 3.05) is 0 Å². The summed E-state index contributed by atoms with van der Waals surface area (Å²) in [4.78, 5) is 4.02. The highest BCUT2D eigenvalue weighted by Gasteiger charge is 2.24. The van der Waals surface area contributed by atoms with Gasteiger partial charge in [0.25, 0.3) is 0 Å². The van der Waals surface area contributed by atoms with E-state index in [0.717, 1.165) is 41.5 Å². The second-order valence-corrected chi connectivity index (χ2v) is 8.62. The molecular weight excluding hydrogens is 417 g/mol. The number of fused-ring (bicyclic) bond motifs is 2. The van der Waals surface area contributed by atoms with E-state index in [9.17, 15) is 0 Å². The van der Waals surface area contributed by atoms with Crippen LogP contribution in [0.3, 0.4) is 0 Å². The van der Waals surface area contributed by atoms with E-state index in [2.05, 4.69) is 45.5 Å². The number of nitrogens with zero attached hydrogens (tertiary/aromatic N) is 2. The molecular formula is C24H21Cl2N3O. The maximum absolute atomic E-state index is 6.29. The van der Waals surface area contributed by atoms with Gasteiger partial charge in [0.05, 0.1) is 15.6 Å². The number of aromatic amines is 1. The molecule has 2 aromatic heterocycles. The summed E-state index contributed by atoms with van der Waals surface area (Å²) in [5.41, 5.74) is 5.76. The van der Waals surface area contributed by atoms with Gasteiger partial charge in [-0.15, -0.1) is 0 Å². The SMILES string of the molecule is CC(Oc1ccc2n[nH]c(C3CCc4ccccc4C3)c2c1)c1c(Cl)cncc1Cl. The van der Waals surface area contributed by atoms with Gasteiger partial charge >= 0.3 is 0 Å². The molecule has 0 spiro atoms. The summed E-state index contributed by atoms with van der Waals surface area (Å²) < 4.78 is 6.20. The largest absolute Gasteiger partial charge is 0.486 e. The molecule has 0 saturated heterocycles. The first-order valence-corrected chi connectivity index (χ1v) is 10.9. The number of benzene rings is 2. The summed E-state index contributed by atoms with van der Waals surface area (Å²) in [6, 6.07) is 14.7. The fourth-order valence-corrected chi connectivity index (χ4v) is 5.08. The zero-order chi connectivity index (χ0) is 20.7. The van der Waals surface area contributed by atoms with Crippen LogP contribution in [0.25, 0.3) is 10.9 Å². The van der Waals surface area contributed by atoms with Crippen molar-refractivity contribution in [3.63, 3.8) is 0 Å². The van der Waals surface area contributed by atoms with Crippen LogP contribution in [0.2, 0.25) is 10.0 Å². The summed E-state index contributed by atoms with van der Waals surface area (Å²) in [6.07, 6.45) is 6.09. The minimum atomic E-state index is -0.303. The average Bonchev–Trinajstić information content (AvgIpc) is 3.16. The van der Waals surface area contributed by atoms with Gasteiger partial charge in [-0.3, -0.25) is 10.1 Å². The van der Waals surface area contributed by atoms with Gasteiger partial charge in [-0.25, -0.2) is 0 Å². The van der Waals surface area contributed by atoms with E-state index in [1.165, 1.54) is 16.8 Å². The molecule has 152 valence electrons. The number of pyridine rings is 1. The Morgan fingerprint density at radius 2 is 1.83 bits per heavy atom. The molecule has 6 heteroatoms. The van der Waals surface area contributed by atoms with Crippen molar-refractivity contribution < 1.29 is 4.74 Å². The highest BCUT2D eigenvalue weighted by atomic mass is 35.5. The predicted molar refractivity (Wildman–Crippen MR) is 121 cm³/mol. The van der Waals surface area contributed by atoms with Crippen LogP contribution in [0.5, 0.6) is 5.75 Å². The molecule has 0 radical (unpaired) electrons. The fraction of sp³-hybridized carbons (Fsp3) is 0.250. The van der Waals surface area contributed by atoms with E-state index in [0.29, 0.717) is 16.0 Å². The second kappa shape index (κ2) is 7.93. The number of aromatic nitrogens is 3. The van der Waals surface area contributed by atoms with Gasteiger partial charge in [0.15, 0.2) is 0 Å². The number of ether oxygens (including phenoxy) is 1. The Bertz CT molecular complexity index is 1200. The minimum absolute atomic E-state index is 0.303. The van der Waals surface area contributed by atoms with Crippen LogP contribution in [0.1, 0.15) is 47.8 Å². The van der Waals surface area contributed by atoms with E-state index in [1.807, 2.05) is 19.1 Å². The van der Waals surface area contributed by atoms with Crippen molar-refractivity contribution in [3.8, 4) is 5.75 Å². The van der Waals surface area contributed by atoms with Crippen molar-refractivity contribution >= 4 is 34.1 Å². The molecule has 0 saturated carbocycles. The van der Waals surface area contributed by atoms with Crippen LogP contribution in [-0.2, 0) is 12.8 Å². The Balaban J connectivity index is 1.44. The Labute approximate surface area is 185 Å². The number of hydrogen-bond donors (Lipinski definition) is 1. The van der Waals surface area contributed by atoms with Gasteiger partial charge in [0.1, 0.15) is 11.9 Å². The normalized spacial score (nSPS) is 17.0. The average molecular weight is 438 g/mol. The Hall–Kier alpha value is -2.56. The lowest BCUT2D eigenvalue weighted by Gasteiger charge is -2.24. The first kappa shape index (κ1) is 19.4. The van der Waals surface area contributed by atoms with Crippen LogP contribution in [-0.4, -0.2) is 15.2 Å². The Morgan fingerprint density at radius 3 is 2.63 bits per heavy atom. The first-order valence-electron chi connectivity index (χ1n) is 10.1. The molecule has 2 unspecified atom stereocenters. The Morgan fingerprint density at radius 1 is 1.07 bits per heavy atom. The topological polar surface area (TPSA) is 50.8 Å². The van der Waals surface area contributed by atoms with Crippen molar-refractivity contribution in [2.24, 2.45) is 0 Å². The van der Waals surface area contributed by atoms with Gasteiger partial charge in [-0.2, -0.15) is 5.10 Å². The lowest BCUT2D eigenvalue weighted by molar-refractivity contribution is 0.227. The predicted octanol–water partition coefficient (Wildman–Crippen LogP) is 6.68. The number of halogens is 2. The lowest BCUT2D eigenvalue weighted by Crippen LogP contribution is -2.13. The maximum Gasteiger partial charge on any atom is 0.124 e. The third kappa shape index (κ3) is 3.55. The number of rotatable bonds is 4. The maximum atomic E-state index is 6.29. The molecule has 0 aliphatic heterocycles. The molecule has 0 amide bonds. The molecule has 1 aliphatic carbocycles. The third-order valence-corrected chi connectivity index (χ3v) is 6.52. The second-order valence-electron chi connectivity index (χ2n) is 7.80. The summed E-state index contributed by atoms with van der Waals surface area (Å²) in [7, 11) is 0. The van der Waals surface area contributed by atoms with E-state index in [4.69, 9.17) is 27.9 Å². The number of nitrogens with one attached hydrogen (secondary N) is 1. The van der Waals surface area contributed by atoms with E-state index in [-0.39, 0.29) is 6.10 Å². The first-order chi connectivity index (χ1) is 14.6. The van der Waals surface area contributed by atoms with Crippen molar-refractivity contribution in [2.45, 2.75) is 38.2 Å². The van der Waals surface area contributed by atoms with Gasteiger partial charge < -0.3 is 4.74 Å². The van der Waals surface area contributed by atoms with Gasteiger partial charge in [0.2, 0.25) is 0 Å². The van der Waals surface area contributed by atoms with Gasteiger partial charge in [-0.1, -0.05) is 47.5 Å². The third-order valence-electron chi connectivity index (χ3n) is 5.92. The van der Waals surface area contributed by atoms with Crippen molar-refractivity contribution in [1.82, 2.24) is 15.2 Å². The summed E-state index contributed by atoms with van der Waals surface area (Å²) in [6.45, 7) is 1.94. The number of H-pyrrole nitrogens is 1. The Kier molecular flexibility index (Phi) is 5.13. The molecule has 30 heavy (non-hydrogen) atoms. The molecule has 5 rings (SSSR count). The summed E-state index contributed by atoms with van der Waals surface area (Å²) in [5, 5.41) is 9.92. The molecule has 2 heterocycles. The molecule has 2 atom stereocenters. The minimum Gasteiger partial charge on any atom is -0.486 e. The molecule has 2 aromatic carbocycles. The summed E-state index contributed by atoms with van der Waals surface area (Å²) >= 11 is 12.6. The molecule has 1 aliphatic rings. The lowest BCUT2D eigenvalue weighted by atomic mass is 9.81.